The van der Waals surface area contributed by atoms with E-state index in [0.29, 0.717) is 17.8 Å². The van der Waals surface area contributed by atoms with Gasteiger partial charge in [-0.05, 0) is 25.7 Å². The third-order valence-corrected chi connectivity index (χ3v) is 4.05. The van der Waals surface area contributed by atoms with E-state index in [9.17, 15) is 14.7 Å². The van der Waals surface area contributed by atoms with E-state index >= 15 is 0 Å². The molecule has 0 atom stereocenters. The van der Waals surface area contributed by atoms with Gasteiger partial charge in [0, 0.05) is 11.4 Å². The van der Waals surface area contributed by atoms with Crippen molar-refractivity contribution in [2.75, 3.05) is 0 Å². The Kier molecular flexibility index (Phi) is 4.91. The highest BCUT2D eigenvalue weighted by Crippen LogP contribution is 2.18. The van der Waals surface area contributed by atoms with Crippen LogP contribution in [0.5, 0.6) is 0 Å². The average Bonchev–Trinajstić information content (AvgIpc) is 2.88. The number of thiazole rings is 1. The molecule has 1 saturated carbocycles. The highest BCUT2D eigenvalue weighted by molar-refractivity contribution is 7.09. The van der Waals surface area contributed by atoms with Gasteiger partial charge in [-0.25, -0.2) is 14.6 Å². The fraction of sp³-hybridized carbons (Fsp3) is 0.583. The number of amides is 2. The summed E-state index contributed by atoms with van der Waals surface area (Å²) in [5.74, 6) is -1.07. The second-order valence-electron chi connectivity index (χ2n) is 4.76. The van der Waals surface area contributed by atoms with Crippen molar-refractivity contribution in [3.05, 3.63) is 16.1 Å². The van der Waals surface area contributed by atoms with Gasteiger partial charge in [-0.3, -0.25) is 0 Å². The molecule has 110 valence electrons. The molecule has 0 spiro atoms. The van der Waals surface area contributed by atoms with E-state index in [4.69, 9.17) is 5.11 Å². The molecule has 1 aliphatic rings. The van der Waals surface area contributed by atoms with E-state index in [-0.39, 0.29) is 30.4 Å². The number of nitrogens with one attached hydrogen (secondary N) is 2. The average molecular weight is 299 g/mol. The Labute approximate surface area is 120 Å². The Balaban J connectivity index is 1.73. The van der Waals surface area contributed by atoms with Crippen molar-refractivity contribution in [1.82, 2.24) is 15.6 Å². The first-order chi connectivity index (χ1) is 9.54. The van der Waals surface area contributed by atoms with Crippen molar-refractivity contribution in [3.8, 4) is 0 Å². The van der Waals surface area contributed by atoms with Gasteiger partial charge >= 0.3 is 12.0 Å². The van der Waals surface area contributed by atoms with Gasteiger partial charge in [0.05, 0.1) is 12.6 Å². The molecule has 0 bridgehead atoms. The molecule has 1 fully saturated rings. The summed E-state index contributed by atoms with van der Waals surface area (Å²) >= 11 is 1.20. The molecule has 4 N–H and O–H groups in total. The molecule has 1 heterocycles. The maximum absolute atomic E-state index is 11.7. The number of carboxylic acid groups (broad SMARTS) is 1. The molecule has 1 aliphatic carbocycles. The van der Waals surface area contributed by atoms with Gasteiger partial charge in [0.1, 0.15) is 5.01 Å². The number of carbonyl (C=O) groups is 2. The number of nitrogens with zero attached hydrogens (tertiary/aromatic N) is 1. The molecule has 2 amide bonds. The molecule has 2 rings (SSSR count). The van der Waals surface area contributed by atoms with Gasteiger partial charge in [0.25, 0.3) is 0 Å². The fourth-order valence-corrected chi connectivity index (χ4v) is 2.81. The highest BCUT2D eigenvalue weighted by atomic mass is 32.1. The van der Waals surface area contributed by atoms with E-state index in [1.54, 1.807) is 0 Å². The van der Waals surface area contributed by atoms with Gasteiger partial charge in [-0.2, -0.15) is 0 Å². The van der Waals surface area contributed by atoms with Gasteiger partial charge in [0.15, 0.2) is 5.69 Å². The zero-order chi connectivity index (χ0) is 14.5. The van der Waals surface area contributed by atoms with Gasteiger partial charge in [-0.1, -0.05) is 0 Å². The van der Waals surface area contributed by atoms with Crippen LogP contribution in [0, 0.1) is 0 Å². The molecule has 0 unspecified atom stereocenters. The van der Waals surface area contributed by atoms with Crippen molar-refractivity contribution in [2.24, 2.45) is 0 Å². The van der Waals surface area contributed by atoms with Crippen molar-refractivity contribution >= 4 is 23.3 Å². The van der Waals surface area contributed by atoms with Crippen LogP contribution in [0.1, 0.15) is 41.2 Å². The summed E-state index contributed by atoms with van der Waals surface area (Å²) in [5, 5.41) is 25.6. The predicted molar refractivity (Wildman–Crippen MR) is 72.7 cm³/mol. The van der Waals surface area contributed by atoms with Crippen molar-refractivity contribution in [1.29, 1.82) is 0 Å². The van der Waals surface area contributed by atoms with E-state index < -0.39 is 5.97 Å². The van der Waals surface area contributed by atoms with E-state index in [0.717, 1.165) is 12.8 Å². The number of aliphatic hydroxyl groups is 1. The predicted octanol–water partition coefficient (Wildman–Crippen LogP) is 0.944. The summed E-state index contributed by atoms with van der Waals surface area (Å²) in [5.41, 5.74) is -0.00604. The van der Waals surface area contributed by atoms with E-state index in [1.165, 1.54) is 16.7 Å². The van der Waals surface area contributed by atoms with Crippen LogP contribution in [0.4, 0.5) is 4.79 Å². The number of aliphatic hydroxyl groups excluding tert-OH is 1. The molecule has 0 saturated heterocycles. The number of aromatic nitrogens is 1. The molecule has 0 aliphatic heterocycles. The van der Waals surface area contributed by atoms with Crippen molar-refractivity contribution in [2.45, 2.75) is 44.4 Å². The van der Waals surface area contributed by atoms with E-state index in [1.807, 2.05) is 0 Å². The molecule has 1 aromatic heterocycles. The Bertz CT molecular complexity index is 483. The van der Waals surface area contributed by atoms with Crippen LogP contribution in [0.15, 0.2) is 5.38 Å². The summed E-state index contributed by atoms with van der Waals surface area (Å²) in [6.07, 6.45) is 2.71. The summed E-state index contributed by atoms with van der Waals surface area (Å²) in [6.45, 7) is 0.207. The minimum Gasteiger partial charge on any atom is -0.476 e. The molecule has 7 nitrogen and oxygen atoms in total. The minimum atomic E-state index is -1.07. The number of hydrogen-bond donors (Lipinski definition) is 4. The largest absolute Gasteiger partial charge is 0.476 e. The summed E-state index contributed by atoms with van der Waals surface area (Å²) in [4.78, 5) is 26.2. The second kappa shape index (κ2) is 6.67. The lowest BCUT2D eigenvalue weighted by Gasteiger charge is -2.26. The molecule has 0 aromatic carbocycles. The monoisotopic (exact) mass is 299 g/mol. The number of urea groups is 1. The Hall–Kier alpha value is -1.67. The lowest BCUT2D eigenvalue weighted by Crippen LogP contribution is -2.43. The minimum absolute atomic E-state index is 0.00604. The third kappa shape index (κ3) is 4.17. The number of carboxylic acids is 1. The SMILES string of the molecule is O=C(NCc1nc(C(=O)O)cs1)NC1CCC(O)CC1. The molecule has 20 heavy (non-hydrogen) atoms. The van der Waals surface area contributed by atoms with Crippen LogP contribution >= 0.6 is 11.3 Å². The number of rotatable bonds is 4. The van der Waals surface area contributed by atoms with Gasteiger partial charge < -0.3 is 20.8 Å². The number of hydrogen-bond acceptors (Lipinski definition) is 5. The van der Waals surface area contributed by atoms with Crippen LogP contribution in [0.2, 0.25) is 0 Å². The molecule has 1 aromatic rings. The topological polar surface area (TPSA) is 112 Å². The Morgan fingerprint density at radius 2 is 2.05 bits per heavy atom. The first-order valence-corrected chi connectivity index (χ1v) is 7.32. The van der Waals surface area contributed by atoms with Crippen LogP contribution in [0.3, 0.4) is 0 Å². The second-order valence-corrected chi connectivity index (χ2v) is 5.71. The lowest BCUT2D eigenvalue weighted by molar-refractivity contribution is 0.0691. The zero-order valence-corrected chi connectivity index (χ0v) is 11.7. The van der Waals surface area contributed by atoms with Crippen LogP contribution in [0.25, 0.3) is 0 Å². The smallest absolute Gasteiger partial charge is 0.355 e. The van der Waals surface area contributed by atoms with E-state index in [2.05, 4.69) is 15.6 Å². The molecule has 0 radical (unpaired) electrons. The summed E-state index contributed by atoms with van der Waals surface area (Å²) in [7, 11) is 0. The number of aromatic carboxylic acids is 1. The fourth-order valence-electron chi connectivity index (χ4n) is 2.10. The van der Waals surface area contributed by atoms with Crippen LogP contribution < -0.4 is 10.6 Å². The quantitative estimate of drug-likeness (QED) is 0.661. The Morgan fingerprint density at radius 1 is 1.35 bits per heavy atom. The standard InChI is InChI=1S/C12H17N3O4S/c16-8-3-1-7(2-4-8)14-12(19)13-5-10-15-9(6-20-10)11(17)18/h6-8,16H,1-5H2,(H,17,18)(H2,13,14,19). The lowest BCUT2D eigenvalue weighted by atomic mass is 9.93. The Morgan fingerprint density at radius 3 is 2.65 bits per heavy atom. The van der Waals surface area contributed by atoms with Crippen molar-refractivity contribution in [3.63, 3.8) is 0 Å². The van der Waals surface area contributed by atoms with Crippen molar-refractivity contribution < 1.29 is 19.8 Å². The normalized spacial score (nSPS) is 22.2. The first kappa shape index (κ1) is 14.7. The maximum atomic E-state index is 11.7. The first-order valence-electron chi connectivity index (χ1n) is 6.44. The maximum Gasteiger partial charge on any atom is 0.355 e. The zero-order valence-electron chi connectivity index (χ0n) is 10.8. The van der Waals surface area contributed by atoms with Gasteiger partial charge in [-0.15, -0.1) is 11.3 Å². The van der Waals surface area contributed by atoms with Crippen LogP contribution in [-0.2, 0) is 6.54 Å². The molecular formula is C12H17N3O4S. The summed E-state index contributed by atoms with van der Waals surface area (Å²) in [6, 6.07) is -0.206. The number of carbonyl (C=O) groups excluding carboxylic acids is 1. The third-order valence-electron chi connectivity index (χ3n) is 3.20. The highest BCUT2D eigenvalue weighted by Gasteiger charge is 2.20. The summed E-state index contributed by atoms with van der Waals surface area (Å²) < 4.78 is 0. The molecule has 8 heteroatoms. The van der Waals surface area contributed by atoms with Crippen LogP contribution in [-0.4, -0.2) is 39.3 Å². The molecular weight excluding hydrogens is 282 g/mol. The van der Waals surface area contributed by atoms with Gasteiger partial charge in [0.2, 0.25) is 0 Å².